The van der Waals surface area contributed by atoms with Crippen molar-refractivity contribution >= 4 is 34.8 Å². The maximum atomic E-state index is 12.6. The standard InChI is InChI=1S/C23H35ClN2O3S/c1-23(2,3)29-22(28)25-18-6-4-16(5-7-18)10-13-26-14-11-17(12-15-26)21(27)19-8-9-20(24)30-19/h8-9,16-18H,4-7,10-15H2,1-3H3,(H,25,28)/t16-,18-. The highest BCUT2D eigenvalue weighted by molar-refractivity contribution is 7.18. The maximum Gasteiger partial charge on any atom is 0.407 e. The zero-order valence-corrected chi connectivity index (χ0v) is 20.0. The van der Waals surface area contributed by atoms with Gasteiger partial charge in [0.2, 0.25) is 0 Å². The minimum atomic E-state index is -0.448. The third-order valence-electron chi connectivity index (χ3n) is 6.20. The average molecular weight is 455 g/mol. The average Bonchev–Trinajstić information content (AvgIpc) is 3.12. The molecule has 2 aliphatic rings. The number of carbonyl (C=O) groups excluding carboxylic acids is 2. The predicted molar refractivity (Wildman–Crippen MR) is 123 cm³/mol. The van der Waals surface area contributed by atoms with Crippen molar-refractivity contribution < 1.29 is 14.3 Å². The molecule has 0 radical (unpaired) electrons. The molecule has 0 bridgehead atoms. The molecule has 1 aromatic heterocycles. The van der Waals surface area contributed by atoms with E-state index in [0.717, 1.165) is 69.0 Å². The lowest BCUT2D eigenvalue weighted by molar-refractivity contribution is 0.0485. The fourth-order valence-corrected chi connectivity index (χ4v) is 5.56. The Bertz CT molecular complexity index is 714. The summed E-state index contributed by atoms with van der Waals surface area (Å²) in [4.78, 5) is 27.9. The summed E-state index contributed by atoms with van der Waals surface area (Å²) in [5.74, 6) is 1.14. The van der Waals surface area contributed by atoms with Crippen LogP contribution < -0.4 is 5.32 Å². The number of ether oxygens (including phenoxy) is 1. The highest BCUT2D eigenvalue weighted by atomic mass is 35.5. The van der Waals surface area contributed by atoms with Gasteiger partial charge in [-0.25, -0.2) is 4.79 Å². The van der Waals surface area contributed by atoms with Crippen LogP contribution in [0.25, 0.3) is 0 Å². The number of hydrogen-bond donors (Lipinski definition) is 1. The third kappa shape index (κ3) is 7.24. The first-order valence-corrected chi connectivity index (χ1v) is 12.4. The number of nitrogens with zero attached hydrogens (tertiary/aromatic N) is 1. The van der Waals surface area contributed by atoms with Crippen molar-refractivity contribution in [2.24, 2.45) is 11.8 Å². The van der Waals surface area contributed by atoms with Gasteiger partial charge in [0, 0.05) is 12.0 Å². The zero-order chi connectivity index (χ0) is 21.7. The van der Waals surface area contributed by atoms with Crippen LogP contribution in [-0.2, 0) is 4.74 Å². The van der Waals surface area contributed by atoms with Crippen molar-refractivity contribution in [1.29, 1.82) is 0 Å². The summed E-state index contributed by atoms with van der Waals surface area (Å²) >= 11 is 7.37. The van der Waals surface area contributed by atoms with Gasteiger partial charge in [-0.3, -0.25) is 4.79 Å². The number of thiophene rings is 1. The second-order valence-corrected chi connectivity index (χ2v) is 11.5. The van der Waals surface area contributed by atoms with Crippen molar-refractivity contribution in [3.8, 4) is 0 Å². The molecule has 1 aromatic rings. The summed E-state index contributed by atoms with van der Waals surface area (Å²) in [6.45, 7) is 8.79. The lowest BCUT2D eigenvalue weighted by atomic mass is 9.84. The topological polar surface area (TPSA) is 58.6 Å². The van der Waals surface area contributed by atoms with E-state index in [9.17, 15) is 9.59 Å². The molecular weight excluding hydrogens is 420 g/mol. The van der Waals surface area contributed by atoms with Gasteiger partial charge in [0.25, 0.3) is 0 Å². The molecule has 1 aliphatic carbocycles. The molecule has 0 aromatic carbocycles. The molecule has 1 saturated heterocycles. The Kier molecular flexibility index (Phi) is 8.22. The quantitative estimate of drug-likeness (QED) is 0.554. The smallest absolute Gasteiger partial charge is 0.407 e. The van der Waals surface area contributed by atoms with Gasteiger partial charge in [0.05, 0.1) is 9.21 Å². The highest BCUT2D eigenvalue weighted by Gasteiger charge is 2.28. The number of halogens is 1. The molecule has 1 N–H and O–H groups in total. The largest absolute Gasteiger partial charge is 0.444 e. The Hall–Kier alpha value is -1.11. The number of Topliss-reactive ketones (excluding diaryl/α,β-unsaturated/α-hetero) is 1. The van der Waals surface area contributed by atoms with E-state index < -0.39 is 5.60 Å². The van der Waals surface area contributed by atoms with Crippen LogP contribution >= 0.6 is 22.9 Å². The molecule has 1 saturated carbocycles. The molecule has 2 heterocycles. The van der Waals surface area contributed by atoms with E-state index in [2.05, 4.69) is 10.2 Å². The minimum Gasteiger partial charge on any atom is -0.444 e. The van der Waals surface area contributed by atoms with Crippen LogP contribution in [0, 0.1) is 11.8 Å². The van der Waals surface area contributed by atoms with E-state index in [0.29, 0.717) is 4.34 Å². The van der Waals surface area contributed by atoms with Crippen molar-refractivity contribution in [1.82, 2.24) is 10.2 Å². The van der Waals surface area contributed by atoms with E-state index in [1.807, 2.05) is 32.9 Å². The molecule has 1 amide bonds. The molecule has 1 aliphatic heterocycles. The second kappa shape index (κ2) is 10.5. The maximum absolute atomic E-state index is 12.6. The van der Waals surface area contributed by atoms with Gasteiger partial charge in [-0.15, -0.1) is 11.3 Å². The summed E-state index contributed by atoms with van der Waals surface area (Å²) < 4.78 is 6.05. The van der Waals surface area contributed by atoms with E-state index in [1.54, 1.807) is 0 Å². The number of likely N-dealkylation sites (tertiary alicyclic amines) is 1. The van der Waals surface area contributed by atoms with Gasteiger partial charge >= 0.3 is 6.09 Å². The van der Waals surface area contributed by atoms with Gasteiger partial charge in [0.1, 0.15) is 5.60 Å². The second-order valence-electron chi connectivity index (χ2n) is 9.74. The van der Waals surface area contributed by atoms with E-state index in [-0.39, 0.29) is 23.8 Å². The lowest BCUT2D eigenvalue weighted by Crippen LogP contribution is -2.41. The molecule has 0 spiro atoms. The van der Waals surface area contributed by atoms with Gasteiger partial charge in [-0.05, 0) is 103 Å². The van der Waals surface area contributed by atoms with Crippen molar-refractivity contribution in [3.63, 3.8) is 0 Å². The molecule has 0 atom stereocenters. The third-order valence-corrected chi connectivity index (χ3v) is 7.44. The number of alkyl carbamates (subject to hydrolysis) is 1. The number of piperidine rings is 1. The molecule has 7 heteroatoms. The van der Waals surface area contributed by atoms with Gasteiger partial charge < -0.3 is 15.0 Å². The molecule has 30 heavy (non-hydrogen) atoms. The van der Waals surface area contributed by atoms with Gasteiger partial charge in [-0.2, -0.15) is 0 Å². The van der Waals surface area contributed by atoms with Crippen LogP contribution in [-0.4, -0.2) is 48.1 Å². The SMILES string of the molecule is CC(C)(C)OC(=O)N[C@H]1CC[C@H](CCN2CCC(C(=O)c3ccc(Cl)s3)CC2)CC1. The van der Waals surface area contributed by atoms with Crippen LogP contribution in [0.1, 0.15) is 75.4 Å². The highest BCUT2D eigenvalue weighted by Crippen LogP contribution is 2.30. The van der Waals surface area contributed by atoms with Gasteiger partial charge in [0.15, 0.2) is 5.78 Å². The summed E-state index contributed by atoms with van der Waals surface area (Å²) in [7, 11) is 0. The van der Waals surface area contributed by atoms with E-state index >= 15 is 0 Å². The monoisotopic (exact) mass is 454 g/mol. The Morgan fingerprint density at radius 1 is 1.13 bits per heavy atom. The molecule has 5 nitrogen and oxygen atoms in total. The van der Waals surface area contributed by atoms with Crippen LogP contribution in [0.5, 0.6) is 0 Å². The number of ketones is 1. The summed E-state index contributed by atoms with van der Waals surface area (Å²) in [6.07, 6.45) is 7.19. The van der Waals surface area contributed by atoms with Crippen LogP contribution in [0.2, 0.25) is 4.34 Å². The molecule has 2 fully saturated rings. The van der Waals surface area contributed by atoms with Crippen LogP contribution in [0.3, 0.4) is 0 Å². The fourth-order valence-electron chi connectivity index (χ4n) is 4.50. The Labute approximate surface area is 189 Å². The lowest BCUT2D eigenvalue weighted by Gasteiger charge is -2.34. The zero-order valence-electron chi connectivity index (χ0n) is 18.4. The van der Waals surface area contributed by atoms with E-state index in [1.165, 1.54) is 17.8 Å². The Morgan fingerprint density at radius 2 is 1.80 bits per heavy atom. The van der Waals surface area contributed by atoms with Crippen LogP contribution in [0.4, 0.5) is 4.79 Å². The van der Waals surface area contributed by atoms with Gasteiger partial charge in [-0.1, -0.05) is 11.6 Å². The Balaban J connectivity index is 1.31. The number of carbonyl (C=O) groups is 2. The van der Waals surface area contributed by atoms with Crippen molar-refractivity contribution in [3.05, 3.63) is 21.3 Å². The summed E-state index contributed by atoms with van der Waals surface area (Å²) in [5.41, 5.74) is -0.448. The first kappa shape index (κ1) is 23.6. The molecular formula is C23H35ClN2O3S. The summed E-state index contributed by atoms with van der Waals surface area (Å²) in [5, 5.41) is 3.02. The molecule has 0 unspecified atom stereocenters. The first-order valence-electron chi connectivity index (χ1n) is 11.2. The number of amides is 1. The molecule has 168 valence electrons. The minimum absolute atomic E-state index is 0.144. The normalized spacial score (nSPS) is 23.9. The van der Waals surface area contributed by atoms with Crippen molar-refractivity contribution in [2.75, 3.05) is 19.6 Å². The predicted octanol–water partition coefficient (Wildman–Crippen LogP) is 5.77. The van der Waals surface area contributed by atoms with Crippen LogP contribution in [0.15, 0.2) is 12.1 Å². The first-order chi connectivity index (χ1) is 14.2. The number of rotatable bonds is 6. The van der Waals surface area contributed by atoms with Crippen molar-refractivity contribution in [2.45, 2.75) is 77.4 Å². The number of hydrogen-bond acceptors (Lipinski definition) is 5. The van der Waals surface area contributed by atoms with E-state index in [4.69, 9.17) is 16.3 Å². The number of nitrogens with one attached hydrogen (secondary N) is 1. The summed E-state index contributed by atoms with van der Waals surface area (Å²) in [6, 6.07) is 3.91. The Morgan fingerprint density at radius 3 is 2.37 bits per heavy atom. The fraction of sp³-hybridized carbons (Fsp3) is 0.739. The molecule has 3 rings (SSSR count).